The van der Waals surface area contributed by atoms with Gasteiger partial charge in [-0.2, -0.15) is 0 Å². The molecule has 0 spiro atoms. The van der Waals surface area contributed by atoms with E-state index in [-0.39, 0.29) is 5.41 Å². The summed E-state index contributed by atoms with van der Waals surface area (Å²) in [4.78, 5) is 0. The van der Waals surface area contributed by atoms with E-state index in [0.29, 0.717) is 10.0 Å². The number of benzene rings is 2. The van der Waals surface area contributed by atoms with Gasteiger partial charge < -0.3 is 0 Å². The van der Waals surface area contributed by atoms with Crippen molar-refractivity contribution >= 4 is 23.2 Å². The fourth-order valence-electron chi connectivity index (χ4n) is 1.91. The minimum atomic E-state index is 0.156. The number of halogens is 2. The Kier molecular flexibility index (Phi) is 3.70. The molecule has 0 heterocycles. The summed E-state index contributed by atoms with van der Waals surface area (Å²) in [7, 11) is 0. The Hall–Kier alpha value is -0.980. The molecule has 0 unspecified atom stereocenters. The van der Waals surface area contributed by atoms with Crippen LogP contribution in [0.15, 0.2) is 42.5 Å². The molecule has 0 aliphatic carbocycles. The van der Waals surface area contributed by atoms with E-state index in [1.807, 2.05) is 18.2 Å². The zero-order valence-corrected chi connectivity index (χ0v) is 12.3. The van der Waals surface area contributed by atoms with E-state index in [9.17, 15) is 0 Å². The molecule has 18 heavy (non-hydrogen) atoms. The maximum Gasteiger partial charge on any atom is 0.0499 e. The summed E-state index contributed by atoms with van der Waals surface area (Å²) >= 11 is 12.4. The lowest BCUT2D eigenvalue weighted by molar-refractivity contribution is 0.590. The first-order valence-corrected chi connectivity index (χ1v) is 6.70. The first-order valence-electron chi connectivity index (χ1n) is 5.94. The van der Waals surface area contributed by atoms with Crippen molar-refractivity contribution in [3.8, 4) is 11.1 Å². The SMILES string of the molecule is CC(C)(C)c1ccc(-c2c(Cl)cccc2Cl)cc1. The zero-order chi connectivity index (χ0) is 13.3. The second kappa shape index (κ2) is 4.95. The van der Waals surface area contributed by atoms with Gasteiger partial charge in [0.25, 0.3) is 0 Å². The van der Waals surface area contributed by atoms with E-state index in [2.05, 4.69) is 45.0 Å². The van der Waals surface area contributed by atoms with E-state index in [1.165, 1.54) is 5.56 Å². The quantitative estimate of drug-likeness (QED) is 0.604. The first-order chi connectivity index (χ1) is 8.39. The summed E-state index contributed by atoms with van der Waals surface area (Å²) in [6.07, 6.45) is 0. The summed E-state index contributed by atoms with van der Waals surface area (Å²) < 4.78 is 0. The Bertz CT molecular complexity index is 528. The minimum absolute atomic E-state index is 0.156. The molecule has 0 atom stereocenters. The molecule has 0 bridgehead atoms. The van der Waals surface area contributed by atoms with Gasteiger partial charge >= 0.3 is 0 Å². The van der Waals surface area contributed by atoms with Crippen LogP contribution < -0.4 is 0 Å². The van der Waals surface area contributed by atoms with Gasteiger partial charge in [-0.05, 0) is 28.7 Å². The number of hydrogen-bond acceptors (Lipinski definition) is 0. The zero-order valence-electron chi connectivity index (χ0n) is 10.8. The van der Waals surface area contributed by atoms with Gasteiger partial charge in [0.15, 0.2) is 0 Å². The lowest BCUT2D eigenvalue weighted by Crippen LogP contribution is -2.10. The van der Waals surface area contributed by atoms with Crippen LogP contribution in [-0.2, 0) is 5.41 Å². The van der Waals surface area contributed by atoms with Crippen LogP contribution >= 0.6 is 23.2 Å². The predicted molar refractivity (Wildman–Crippen MR) is 80.6 cm³/mol. The molecule has 94 valence electrons. The van der Waals surface area contributed by atoms with Crippen molar-refractivity contribution in [1.82, 2.24) is 0 Å². The Balaban J connectivity index is 2.47. The van der Waals surface area contributed by atoms with Gasteiger partial charge in [-0.25, -0.2) is 0 Å². The molecule has 0 nitrogen and oxygen atoms in total. The minimum Gasteiger partial charge on any atom is -0.0836 e. The van der Waals surface area contributed by atoms with Crippen LogP contribution in [0, 0.1) is 0 Å². The van der Waals surface area contributed by atoms with Crippen molar-refractivity contribution in [2.24, 2.45) is 0 Å². The van der Waals surface area contributed by atoms with Crippen molar-refractivity contribution in [2.45, 2.75) is 26.2 Å². The highest BCUT2D eigenvalue weighted by atomic mass is 35.5. The van der Waals surface area contributed by atoms with Crippen molar-refractivity contribution in [3.05, 3.63) is 58.1 Å². The van der Waals surface area contributed by atoms with E-state index in [0.717, 1.165) is 11.1 Å². The largest absolute Gasteiger partial charge is 0.0836 e. The summed E-state index contributed by atoms with van der Waals surface area (Å²) in [5.74, 6) is 0. The van der Waals surface area contributed by atoms with Crippen molar-refractivity contribution in [3.63, 3.8) is 0 Å². The molecule has 0 aliphatic rings. The summed E-state index contributed by atoms with van der Waals surface area (Å²) in [6, 6.07) is 14.0. The summed E-state index contributed by atoms with van der Waals surface area (Å²) in [5, 5.41) is 1.37. The highest BCUT2D eigenvalue weighted by Gasteiger charge is 2.14. The second-order valence-electron chi connectivity index (χ2n) is 5.42. The molecule has 0 aliphatic heterocycles. The monoisotopic (exact) mass is 278 g/mol. The molecule has 2 aromatic carbocycles. The molecule has 2 aromatic rings. The fraction of sp³-hybridized carbons (Fsp3) is 0.250. The average molecular weight is 279 g/mol. The van der Waals surface area contributed by atoms with Crippen LogP contribution in [0.1, 0.15) is 26.3 Å². The topological polar surface area (TPSA) is 0 Å². The van der Waals surface area contributed by atoms with Crippen LogP contribution in [-0.4, -0.2) is 0 Å². The van der Waals surface area contributed by atoms with Crippen LogP contribution in [0.25, 0.3) is 11.1 Å². The fourth-order valence-corrected chi connectivity index (χ4v) is 2.53. The first kappa shape index (κ1) is 13.5. The van der Waals surface area contributed by atoms with E-state index >= 15 is 0 Å². The molecule has 0 N–H and O–H groups in total. The average Bonchev–Trinajstić information content (AvgIpc) is 2.28. The van der Waals surface area contributed by atoms with Gasteiger partial charge in [0.05, 0.1) is 0 Å². The highest BCUT2D eigenvalue weighted by Crippen LogP contribution is 2.35. The van der Waals surface area contributed by atoms with Gasteiger partial charge in [0.2, 0.25) is 0 Å². The third-order valence-corrected chi connectivity index (χ3v) is 3.63. The smallest absolute Gasteiger partial charge is 0.0499 e. The number of rotatable bonds is 1. The third-order valence-electron chi connectivity index (χ3n) is 3.00. The Labute approximate surface area is 119 Å². The van der Waals surface area contributed by atoms with Gasteiger partial charge in [0.1, 0.15) is 0 Å². The molecule has 2 heteroatoms. The standard InChI is InChI=1S/C16H16Cl2/c1-16(2,3)12-9-7-11(8-10-12)15-13(17)5-4-6-14(15)18/h4-10H,1-3H3. The predicted octanol–water partition coefficient (Wildman–Crippen LogP) is 5.96. The van der Waals surface area contributed by atoms with E-state index in [1.54, 1.807) is 0 Å². The van der Waals surface area contributed by atoms with E-state index < -0.39 is 0 Å². The van der Waals surface area contributed by atoms with Crippen molar-refractivity contribution < 1.29 is 0 Å². The maximum atomic E-state index is 6.21. The molecule has 0 amide bonds. The van der Waals surface area contributed by atoms with Crippen LogP contribution in [0.3, 0.4) is 0 Å². The molecular formula is C16H16Cl2. The Morgan fingerprint density at radius 3 is 1.72 bits per heavy atom. The number of hydrogen-bond donors (Lipinski definition) is 0. The van der Waals surface area contributed by atoms with Crippen LogP contribution in [0.2, 0.25) is 10.0 Å². The molecule has 0 radical (unpaired) electrons. The van der Waals surface area contributed by atoms with Crippen molar-refractivity contribution in [2.75, 3.05) is 0 Å². The van der Waals surface area contributed by atoms with Gasteiger partial charge in [-0.15, -0.1) is 0 Å². The highest BCUT2D eigenvalue weighted by molar-refractivity contribution is 6.39. The molecule has 0 fully saturated rings. The van der Waals surface area contributed by atoms with Gasteiger partial charge in [-0.3, -0.25) is 0 Å². The molecular weight excluding hydrogens is 263 g/mol. The molecule has 0 saturated carbocycles. The second-order valence-corrected chi connectivity index (χ2v) is 6.24. The molecule has 0 aromatic heterocycles. The third kappa shape index (κ3) is 2.71. The van der Waals surface area contributed by atoms with Crippen LogP contribution in [0.5, 0.6) is 0 Å². The van der Waals surface area contributed by atoms with E-state index in [4.69, 9.17) is 23.2 Å². The lowest BCUT2D eigenvalue weighted by atomic mass is 9.86. The normalized spacial score (nSPS) is 11.6. The molecule has 2 rings (SSSR count). The van der Waals surface area contributed by atoms with Gasteiger partial charge in [0, 0.05) is 15.6 Å². The maximum absolute atomic E-state index is 6.21. The van der Waals surface area contributed by atoms with Gasteiger partial charge in [-0.1, -0.05) is 74.3 Å². The lowest BCUT2D eigenvalue weighted by Gasteiger charge is -2.19. The summed E-state index contributed by atoms with van der Waals surface area (Å²) in [5.41, 5.74) is 3.41. The Morgan fingerprint density at radius 1 is 0.778 bits per heavy atom. The van der Waals surface area contributed by atoms with Crippen LogP contribution in [0.4, 0.5) is 0 Å². The van der Waals surface area contributed by atoms with Crippen molar-refractivity contribution in [1.29, 1.82) is 0 Å². The Morgan fingerprint density at radius 2 is 1.28 bits per heavy atom. The summed E-state index contributed by atoms with van der Waals surface area (Å²) in [6.45, 7) is 6.60. The molecule has 0 saturated heterocycles.